The summed E-state index contributed by atoms with van der Waals surface area (Å²) in [5.41, 5.74) is 3.08. The SMILES string of the molecule is CCN(CC)C(=O)CCCOc1ccc2[nH]c(C)c(C(=O)OCc3ccccc3)c2c1. The third-order valence-corrected chi connectivity index (χ3v) is 5.29. The lowest BCUT2D eigenvalue weighted by Crippen LogP contribution is -2.30. The molecule has 164 valence electrons. The van der Waals surface area contributed by atoms with Crippen LogP contribution in [-0.4, -0.2) is 41.5 Å². The van der Waals surface area contributed by atoms with Crippen molar-refractivity contribution in [1.29, 1.82) is 0 Å². The Kier molecular flexibility index (Phi) is 7.70. The van der Waals surface area contributed by atoms with E-state index >= 15 is 0 Å². The molecule has 31 heavy (non-hydrogen) atoms. The lowest BCUT2D eigenvalue weighted by molar-refractivity contribution is -0.131. The van der Waals surface area contributed by atoms with Crippen LogP contribution in [0.3, 0.4) is 0 Å². The van der Waals surface area contributed by atoms with Gasteiger partial charge < -0.3 is 19.4 Å². The van der Waals surface area contributed by atoms with Crippen LogP contribution < -0.4 is 4.74 Å². The molecule has 0 fully saturated rings. The highest BCUT2D eigenvalue weighted by Crippen LogP contribution is 2.27. The number of aromatic amines is 1. The molecule has 0 saturated heterocycles. The Hall–Kier alpha value is -3.28. The third-order valence-electron chi connectivity index (χ3n) is 5.29. The summed E-state index contributed by atoms with van der Waals surface area (Å²) in [5, 5.41) is 0.771. The van der Waals surface area contributed by atoms with Gasteiger partial charge in [0.2, 0.25) is 5.91 Å². The standard InChI is InChI=1S/C25H30N2O4/c1-4-27(5-2)23(28)12-9-15-30-20-13-14-22-21(16-20)24(18(3)26-22)25(29)31-17-19-10-7-6-8-11-19/h6-8,10-11,13-14,16,26H,4-5,9,12,15,17H2,1-3H3. The summed E-state index contributed by atoms with van der Waals surface area (Å²) in [7, 11) is 0. The predicted octanol–water partition coefficient (Wildman–Crippen LogP) is 4.86. The molecule has 1 heterocycles. The average Bonchev–Trinajstić information content (AvgIpc) is 3.11. The molecule has 6 heteroatoms. The molecule has 0 atom stereocenters. The van der Waals surface area contributed by atoms with Crippen LogP contribution in [-0.2, 0) is 16.1 Å². The predicted molar refractivity (Wildman–Crippen MR) is 121 cm³/mol. The van der Waals surface area contributed by atoms with E-state index in [4.69, 9.17) is 9.47 Å². The van der Waals surface area contributed by atoms with Crippen LogP contribution in [0.5, 0.6) is 5.75 Å². The zero-order chi connectivity index (χ0) is 22.2. The maximum Gasteiger partial charge on any atom is 0.340 e. The highest BCUT2D eigenvalue weighted by Gasteiger charge is 2.18. The number of aromatic nitrogens is 1. The van der Waals surface area contributed by atoms with Crippen molar-refractivity contribution >= 4 is 22.8 Å². The zero-order valence-electron chi connectivity index (χ0n) is 18.4. The highest BCUT2D eigenvalue weighted by molar-refractivity contribution is 6.05. The first-order valence-corrected chi connectivity index (χ1v) is 10.8. The Labute approximate surface area is 183 Å². The number of H-pyrrole nitrogens is 1. The summed E-state index contributed by atoms with van der Waals surface area (Å²) in [4.78, 5) is 29.9. The number of rotatable bonds is 10. The number of nitrogens with zero attached hydrogens (tertiary/aromatic N) is 1. The van der Waals surface area contributed by atoms with Crippen LogP contribution in [0, 0.1) is 6.92 Å². The van der Waals surface area contributed by atoms with Gasteiger partial charge in [-0.1, -0.05) is 30.3 Å². The van der Waals surface area contributed by atoms with Gasteiger partial charge in [0, 0.05) is 36.1 Å². The van der Waals surface area contributed by atoms with E-state index in [1.807, 2.05) is 74.2 Å². The number of amides is 1. The third kappa shape index (κ3) is 5.66. The van der Waals surface area contributed by atoms with Gasteiger partial charge in [-0.25, -0.2) is 4.79 Å². The van der Waals surface area contributed by atoms with Crippen molar-refractivity contribution in [2.45, 2.75) is 40.2 Å². The second-order valence-electron chi connectivity index (χ2n) is 7.41. The lowest BCUT2D eigenvalue weighted by Gasteiger charge is -2.18. The van der Waals surface area contributed by atoms with Gasteiger partial charge in [-0.2, -0.15) is 0 Å². The Morgan fingerprint density at radius 1 is 1.03 bits per heavy atom. The number of ether oxygens (including phenoxy) is 2. The Morgan fingerprint density at radius 3 is 2.48 bits per heavy atom. The van der Waals surface area contributed by atoms with Crippen molar-refractivity contribution in [3.63, 3.8) is 0 Å². The molecular formula is C25H30N2O4. The molecule has 1 N–H and O–H groups in total. The first-order valence-electron chi connectivity index (χ1n) is 10.8. The number of fused-ring (bicyclic) bond motifs is 1. The fourth-order valence-corrected chi connectivity index (χ4v) is 3.60. The maximum absolute atomic E-state index is 12.8. The summed E-state index contributed by atoms with van der Waals surface area (Å²) in [6, 6.07) is 15.2. The van der Waals surface area contributed by atoms with Gasteiger partial charge >= 0.3 is 5.97 Å². The van der Waals surface area contributed by atoms with Crippen LogP contribution in [0.4, 0.5) is 0 Å². The zero-order valence-corrected chi connectivity index (χ0v) is 18.4. The van der Waals surface area contributed by atoms with Crippen LogP contribution >= 0.6 is 0 Å². The number of esters is 1. The number of nitrogens with one attached hydrogen (secondary N) is 1. The van der Waals surface area contributed by atoms with Crippen molar-refractivity contribution in [2.75, 3.05) is 19.7 Å². The smallest absolute Gasteiger partial charge is 0.340 e. The van der Waals surface area contributed by atoms with Gasteiger partial charge in [0.25, 0.3) is 0 Å². The van der Waals surface area contributed by atoms with E-state index in [9.17, 15) is 9.59 Å². The van der Waals surface area contributed by atoms with E-state index in [0.717, 1.165) is 35.2 Å². The number of aryl methyl sites for hydroxylation is 1. The molecule has 0 unspecified atom stereocenters. The largest absolute Gasteiger partial charge is 0.494 e. The summed E-state index contributed by atoms with van der Waals surface area (Å²) in [5.74, 6) is 0.447. The topological polar surface area (TPSA) is 71.6 Å². The Bertz CT molecular complexity index is 1020. The molecule has 3 rings (SSSR count). The van der Waals surface area contributed by atoms with Gasteiger partial charge in [-0.3, -0.25) is 4.79 Å². The van der Waals surface area contributed by atoms with Gasteiger partial charge in [0.15, 0.2) is 0 Å². The molecule has 0 aliphatic carbocycles. The maximum atomic E-state index is 12.8. The van der Waals surface area contributed by atoms with E-state index in [-0.39, 0.29) is 18.5 Å². The minimum absolute atomic E-state index is 0.147. The lowest BCUT2D eigenvalue weighted by atomic mass is 10.1. The molecular weight excluding hydrogens is 392 g/mol. The quantitative estimate of drug-likeness (QED) is 0.374. The molecule has 0 saturated carbocycles. The van der Waals surface area contributed by atoms with Crippen LogP contribution in [0.25, 0.3) is 10.9 Å². The van der Waals surface area contributed by atoms with E-state index in [2.05, 4.69) is 4.98 Å². The van der Waals surface area contributed by atoms with E-state index in [1.165, 1.54) is 0 Å². The van der Waals surface area contributed by atoms with E-state index < -0.39 is 0 Å². The number of carbonyl (C=O) groups excluding carboxylic acids is 2. The Morgan fingerprint density at radius 2 is 1.77 bits per heavy atom. The molecule has 2 aromatic carbocycles. The monoisotopic (exact) mass is 422 g/mol. The Balaban J connectivity index is 1.63. The molecule has 1 amide bonds. The van der Waals surface area contributed by atoms with Crippen LogP contribution in [0.2, 0.25) is 0 Å². The van der Waals surface area contributed by atoms with Gasteiger partial charge in [-0.05, 0) is 51.0 Å². The molecule has 6 nitrogen and oxygen atoms in total. The number of benzene rings is 2. The first kappa shape index (κ1) is 22.4. The second-order valence-corrected chi connectivity index (χ2v) is 7.41. The summed E-state index contributed by atoms with van der Waals surface area (Å²) >= 11 is 0. The number of carbonyl (C=O) groups is 2. The van der Waals surface area contributed by atoms with Gasteiger partial charge in [0.1, 0.15) is 12.4 Å². The summed E-state index contributed by atoms with van der Waals surface area (Å²) in [6.45, 7) is 7.94. The van der Waals surface area contributed by atoms with E-state index in [1.54, 1.807) is 0 Å². The van der Waals surface area contributed by atoms with Crippen molar-refractivity contribution in [1.82, 2.24) is 9.88 Å². The average molecular weight is 423 g/mol. The number of hydrogen-bond acceptors (Lipinski definition) is 4. The molecule has 1 aromatic heterocycles. The van der Waals surface area contributed by atoms with E-state index in [0.29, 0.717) is 30.8 Å². The minimum Gasteiger partial charge on any atom is -0.494 e. The summed E-state index contributed by atoms with van der Waals surface area (Å²) < 4.78 is 11.4. The number of hydrogen-bond donors (Lipinski definition) is 1. The fraction of sp³-hybridized carbons (Fsp3) is 0.360. The molecule has 0 aliphatic rings. The second kappa shape index (κ2) is 10.7. The summed E-state index contributed by atoms with van der Waals surface area (Å²) in [6.07, 6.45) is 1.11. The molecule has 0 bridgehead atoms. The van der Waals surface area contributed by atoms with Gasteiger partial charge in [-0.15, -0.1) is 0 Å². The molecule has 0 aliphatic heterocycles. The van der Waals surface area contributed by atoms with Crippen molar-refractivity contribution in [2.24, 2.45) is 0 Å². The van der Waals surface area contributed by atoms with Gasteiger partial charge in [0.05, 0.1) is 12.2 Å². The van der Waals surface area contributed by atoms with Crippen LogP contribution in [0.1, 0.15) is 48.3 Å². The first-order chi connectivity index (χ1) is 15.0. The molecule has 0 spiro atoms. The molecule has 3 aromatic rings. The van der Waals surface area contributed by atoms with Crippen molar-refractivity contribution in [3.05, 3.63) is 65.4 Å². The normalized spacial score (nSPS) is 10.8. The highest BCUT2D eigenvalue weighted by atomic mass is 16.5. The minimum atomic E-state index is -0.366. The van der Waals surface area contributed by atoms with Crippen molar-refractivity contribution < 1.29 is 19.1 Å². The van der Waals surface area contributed by atoms with Crippen LogP contribution in [0.15, 0.2) is 48.5 Å². The molecule has 0 radical (unpaired) electrons. The van der Waals surface area contributed by atoms with Crippen molar-refractivity contribution in [3.8, 4) is 5.75 Å². The fourth-order valence-electron chi connectivity index (χ4n) is 3.60.